The Labute approximate surface area is 74.8 Å². The van der Waals surface area contributed by atoms with Gasteiger partial charge in [-0.15, -0.1) is 12.4 Å². The summed E-state index contributed by atoms with van der Waals surface area (Å²) in [5.74, 6) is 0. The Hall–Kier alpha value is 0.210. The molecule has 0 saturated carbocycles. The van der Waals surface area contributed by atoms with Crippen LogP contribution in [0.2, 0.25) is 0 Å². The summed E-state index contributed by atoms with van der Waals surface area (Å²) in [6.07, 6.45) is 3.59. The van der Waals surface area contributed by atoms with Crippen LogP contribution in [-0.2, 0) is 0 Å². The summed E-state index contributed by atoms with van der Waals surface area (Å²) < 4.78 is 0. The van der Waals surface area contributed by atoms with Gasteiger partial charge in [0.25, 0.3) is 0 Å². The number of aliphatic hydroxyl groups excluding tert-OH is 1. The smallest absolute Gasteiger partial charge is 0.0584 e. The van der Waals surface area contributed by atoms with Crippen LogP contribution in [-0.4, -0.2) is 23.3 Å². The Morgan fingerprint density at radius 3 is 2.55 bits per heavy atom. The molecular weight excluding hydrogens is 162 g/mol. The zero-order chi connectivity index (χ0) is 7.61. The lowest BCUT2D eigenvalue weighted by Gasteiger charge is -2.36. The second-order valence-corrected chi connectivity index (χ2v) is 3.80. The molecule has 0 amide bonds. The maximum Gasteiger partial charge on any atom is 0.0584 e. The van der Waals surface area contributed by atoms with E-state index in [9.17, 15) is 0 Å². The third-order valence-corrected chi connectivity index (χ3v) is 2.17. The highest BCUT2D eigenvalue weighted by atomic mass is 35.5. The van der Waals surface area contributed by atoms with Gasteiger partial charge in [0.2, 0.25) is 0 Å². The highest BCUT2D eigenvalue weighted by Crippen LogP contribution is 2.20. The summed E-state index contributed by atoms with van der Waals surface area (Å²) in [6, 6.07) is 0.337. The lowest BCUT2D eigenvalue weighted by atomic mass is 9.89. The Morgan fingerprint density at radius 1 is 1.55 bits per heavy atom. The number of piperidine rings is 1. The second-order valence-electron chi connectivity index (χ2n) is 3.80. The zero-order valence-corrected chi connectivity index (χ0v) is 8.08. The number of hydrogen-bond acceptors (Lipinski definition) is 2. The van der Waals surface area contributed by atoms with Crippen molar-refractivity contribution in [2.75, 3.05) is 6.61 Å². The van der Waals surface area contributed by atoms with Gasteiger partial charge in [0.05, 0.1) is 6.61 Å². The molecule has 0 aliphatic carbocycles. The molecule has 0 unspecified atom stereocenters. The van der Waals surface area contributed by atoms with Gasteiger partial charge in [-0.3, -0.25) is 0 Å². The first-order valence-electron chi connectivity index (χ1n) is 4.02. The molecule has 2 nitrogen and oxygen atoms in total. The first kappa shape index (κ1) is 11.2. The highest BCUT2D eigenvalue weighted by molar-refractivity contribution is 5.85. The molecule has 11 heavy (non-hydrogen) atoms. The van der Waals surface area contributed by atoms with E-state index < -0.39 is 0 Å². The van der Waals surface area contributed by atoms with Crippen LogP contribution in [0.4, 0.5) is 0 Å². The molecular formula is C8H18ClNO. The van der Waals surface area contributed by atoms with Crippen LogP contribution in [0.3, 0.4) is 0 Å². The monoisotopic (exact) mass is 179 g/mol. The summed E-state index contributed by atoms with van der Waals surface area (Å²) in [5.41, 5.74) is 0.242. The predicted molar refractivity (Wildman–Crippen MR) is 49.2 cm³/mol. The fourth-order valence-corrected chi connectivity index (χ4v) is 1.62. The molecule has 0 radical (unpaired) electrons. The van der Waals surface area contributed by atoms with Gasteiger partial charge >= 0.3 is 0 Å². The fraction of sp³-hybridized carbons (Fsp3) is 1.00. The molecule has 1 aliphatic heterocycles. The summed E-state index contributed by atoms with van der Waals surface area (Å²) >= 11 is 0. The highest BCUT2D eigenvalue weighted by Gasteiger charge is 2.25. The normalized spacial score (nSPS) is 29.2. The van der Waals surface area contributed by atoms with Gasteiger partial charge < -0.3 is 10.4 Å². The van der Waals surface area contributed by atoms with Crippen LogP contribution in [0.15, 0.2) is 0 Å². The third kappa shape index (κ3) is 3.41. The van der Waals surface area contributed by atoms with Crippen molar-refractivity contribution in [3.8, 4) is 0 Å². The molecule has 0 bridgehead atoms. The average molecular weight is 180 g/mol. The molecule has 1 heterocycles. The lowest BCUT2D eigenvalue weighted by molar-refractivity contribution is 0.166. The van der Waals surface area contributed by atoms with Crippen LogP contribution in [0, 0.1) is 0 Å². The van der Waals surface area contributed by atoms with Crippen molar-refractivity contribution in [2.24, 2.45) is 0 Å². The average Bonchev–Trinajstić information content (AvgIpc) is 1.86. The van der Waals surface area contributed by atoms with Crippen LogP contribution in [0.1, 0.15) is 33.1 Å². The first-order chi connectivity index (χ1) is 4.64. The minimum absolute atomic E-state index is 0. The topological polar surface area (TPSA) is 32.3 Å². The van der Waals surface area contributed by atoms with E-state index in [1.165, 1.54) is 12.8 Å². The molecule has 3 heteroatoms. The molecule has 0 aromatic carbocycles. The van der Waals surface area contributed by atoms with E-state index in [1.54, 1.807) is 0 Å². The molecule has 0 spiro atoms. The number of rotatable bonds is 1. The van der Waals surface area contributed by atoms with Gasteiger partial charge in [0.1, 0.15) is 0 Å². The maximum atomic E-state index is 8.86. The van der Waals surface area contributed by atoms with E-state index >= 15 is 0 Å². The summed E-state index contributed by atoms with van der Waals surface area (Å²) in [7, 11) is 0. The van der Waals surface area contributed by atoms with E-state index in [1.807, 2.05) is 0 Å². The molecule has 1 rings (SSSR count). The number of hydrogen-bond donors (Lipinski definition) is 2. The first-order valence-corrected chi connectivity index (χ1v) is 4.02. The Bertz CT molecular complexity index is 117. The van der Waals surface area contributed by atoms with E-state index in [-0.39, 0.29) is 24.6 Å². The van der Waals surface area contributed by atoms with Crippen molar-refractivity contribution < 1.29 is 5.11 Å². The quantitative estimate of drug-likeness (QED) is 0.637. The van der Waals surface area contributed by atoms with Crippen molar-refractivity contribution in [2.45, 2.75) is 44.7 Å². The number of nitrogens with one attached hydrogen (secondary N) is 1. The van der Waals surface area contributed by atoms with Crippen molar-refractivity contribution >= 4 is 12.4 Å². The Morgan fingerprint density at radius 2 is 2.18 bits per heavy atom. The molecule has 68 valence electrons. The molecule has 2 N–H and O–H groups in total. The third-order valence-electron chi connectivity index (χ3n) is 2.17. The van der Waals surface area contributed by atoms with E-state index in [2.05, 4.69) is 19.2 Å². The largest absolute Gasteiger partial charge is 0.395 e. The van der Waals surface area contributed by atoms with Gasteiger partial charge in [0.15, 0.2) is 0 Å². The van der Waals surface area contributed by atoms with Crippen molar-refractivity contribution in [3.05, 3.63) is 0 Å². The predicted octanol–water partition coefficient (Wildman–Crippen LogP) is 1.32. The van der Waals surface area contributed by atoms with Crippen LogP contribution < -0.4 is 5.32 Å². The van der Waals surface area contributed by atoms with Crippen molar-refractivity contribution in [3.63, 3.8) is 0 Å². The minimum atomic E-state index is 0. The molecule has 0 aromatic rings. The Balaban J connectivity index is 0.000001000. The molecule has 1 saturated heterocycles. The lowest BCUT2D eigenvalue weighted by Crippen LogP contribution is -2.50. The fourth-order valence-electron chi connectivity index (χ4n) is 1.62. The summed E-state index contributed by atoms with van der Waals surface area (Å²) in [5, 5.41) is 12.3. The minimum Gasteiger partial charge on any atom is -0.395 e. The van der Waals surface area contributed by atoms with E-state index in [0.717, 1.165) is 6.42 Å². The molecule has 0 aromatic heterocycles. The van der Waals surface area contributed by atoms with Gasteiger partial charge in [-0.25, -0.2) is 0 Å². The van der Waals surface area contributed by atoms with E-state index in [0.29, 0.717) is 6.04 Å². The molecule has 1 atom stereocenters. The van der Waals surface area contributed by atoms with Crippen LogP contribution in [0.25, 0.3) is 0 Å². The van der Waals surface area contributed by atoms with Crippen molar-refractivity contribution in [1.82, 2.24) is 5.32 Å². The van der Waals surface area contributed by atoms with Gasteiger partial charge in [-0.05, 0) is 26.7 Å². The molecule has 1 aliphatic rings. The maximum absolute atomic E-state index is 8.86. The number of halogens is 1. The second kappa shape index (κ2) is 4.29. The van der Waals surface area contributed by atoms with Crippen LogP contribution in [0.5, 0.6) is 0 Å². The SMILES string of the molecule is CC1(C)CCC[C@@H](CO)N1.Cl. The summed E-state index contributed by atoms with van der Waals surface area (Å²) in [6.45, 7) is 4.66. The van der Waals surface area contributed by atoms with Gasteiger partial charge in [0, 0.05) is 11.6 Å². The molecule has 1 fully saturated rings. The zero-order valence-electron chi connectivity index (χ0n) is 7.26. The van der Waals surface area contributed by atoms with Gasteiger partial charge in [-0.2, -0.15) is 0 Å². The standard InChI is InChI=1S/C8H17NO.ClH/c1-8(2)5-3-4-7(6-10)9-8;/h7,9-10H,3-6H2,1-2H3;1H/t7-;/m0./s1. The summed E-state index contributed by atoms with van der Waals surface area (Å²) in [4.78, 5) is 0. The van der Waals surface area contributed by atoms with E-state index in [4.69, 9.17) is 5.11 Å². The van der Waals surface area contributed by atoms with Crippen LogP contribution >= 0.6 is 12.4 Å². The van der Waals surface area contributed by atoms with Crippen molar-refractivity contribution in [1.29, 1.82) is 0 Å². The number of aliphatic hydroxyl groups is 1. The van der Waals surface area contributed by atoms with Gasteiger partial charge in [-0.1, -0.05) is 6.42 Å². The Kier molecular flexibility index (Phi) is 4.37.